The van der Waals surface area contributed by atoms with Crippen LogP contribution in [0, 0.1) is 5.82 Å². The first-order valence-electron chi connectivity index (χ1n) is 7.93. The standard InChI is InChI=1S/C19H21FN2O2/c1-2-15(14-6-4-3-5-7-14)19(24)22-17-10-8-13(12-16(17)20)9-11-18(21)23/h3-8,10,12,15H,2,9,11H2,1H3,(H2,21,23)(H,22,24)/t15-/m1/s1. The minimum atomic E-state index is -0.520. The molecule has 2 rings (SSSR count). The molecule has 2 amide bonds. The van der Waals surface area contributed by atoms with Gasteiger partial charge in [-0.25, -0.2) is 4.39 Å². The first-order chi connectivity index (χ1) is 11.5. The second kappa shape index (κ2) is 8.24. The highest BCUT2D eigenvalue weighted by Crippen LogP contribution is 2.23. The predicted octanol–water partition coefficient (Wildman–Crippen LogP) is 3.38. The second-order valence-electron chi connectivity index (χ2n) is 5.64. The fourth-order valence-electron chi connectivity index (χ4n) is 2.56. The molecule has 2 aromatic rings. The molecule has 0 fully saturated rings. The van der Waals surface area contributed by atoms with Gasteiger partial charge < -0.3 is 11.1 Å². The number of halogens is 1. The molecule has 0 saturated heterocycles. The molecule has 0 aliphatic carbocycles. The maximum atomic E-state index is 14.2. The summed E-state index contributed by atoms with van der Waals surface area (Å²) >= 11 is 0. The normalized spacial score (nSPS) is 11.8. The molecule has 0 bridgehead atoms. The average Bonchev–Trinajstić information content (AvgIpc) is 2.57. The quantitative estimate of drug-likeness (QED) is 0.818. The van der Waals surface area contributed by atoms with Crippen molar-refractivity contribution in [1.82, 2.24) is 0 Å². The minimum Gasteiger partial charge on any atom is -0.370 e. The van der Waals surface area contributed by atoms with Crippen molar-refractivity contribution in [3.63, 3.8) is 0 Å². The van der Waals surface area contributed by atoms with Gasteiger partial charge in [-0.15, -0.1) is 0 Å². The van der Waals surface area contributed by atoms with E-state index in [-0.39, 0.29) is 23.9 Å². The smallest absolute Gasteiger partial charge is 0.231 e. The SMILES string of the molecule is CC[C@@H](C(=O)Nc1ccc(CCC(N)=O)cc1F)c1ccccc1. The van der Waals surface area contributed by atoms with Crippen LogP contribution in [0.2, 0.25) is 0 Å². The van der Waals surface area contributed by atoms with Crippen LogP contribution in [0.15, 0.2) is 48.5 Å². The molecule has 2 aromatic carbocycles. The zero-order valence-corrected chi connectivity index (χ0v) is 13.6. The van der Waals surface area contributed by atoms with Gasteiger partial charge in [0.2, 0.25) is 11.8 Å². The van der Waals surface area contributed by atoms with Gasteiger partial charge in [-0.1, -0.05) is 43.3 Å². The van der Waals surface area contributed by atoms with Crippen LogP contribution in [0.4, 0.5) is 10.1 Å². The summed E-state index contributed by atoms with van der Waals surface area (Å²) < 4.78 is 14.2. The van der Waals surface area contributed by atoms with Crippen LogP contribution in [0.3, 0.4) is 0 Å². The van der Waals surface area contributed by atoms with Crippen LogP contribution in [0.5, 0.6) is 0 Å². The molecule has 0 aromatic heterocycles. The summed E-state index contributed by atoms with van der Waals surface area (Å²) in [6.45, 7) is 1.92. The highest BCUT2D eigenvalue weighted by molar-refractivity contribution is 5.95. The van der Waals surface area contributed by atoms with Crippen LogP contribution in [-0.2, 0) is 16.0 Å². The van der Waals surface area contributed by atoms with Crippen molar-refractivity contribution in [3.05, 3.63) is 65.5 Å². The monoisotopic (exact) mass is 328 g/mol. The summed E-state index contributed by atoms with van der Waals surface area (Å²) in [5, 5.41) is 2.65. The Kier molecular flexibility index (Phi) is 6.07. The van der Waals surface area contributed by atoms with Crippen LogP contribution in [-0.4, -0.2) is 11.8 Å². The fraction of sp³-hybridized carbons (Fsp3) is 0.263. The number of aryl methyl sites for hydroxylation is 1. The Balaban J connectivity index is 2.09. The van der Waals surface area contributed by atoms with Gasteiger partial charge in [0.15, 0.2) is 0 Å². The molecular formula is C19H21FN2O2. The zero-order chi connectivity index (χ0) is 17.5. The Hall–Kier alpha value is -2.69. The maximum Gasteiger partial charge on any atom is 0.231 e. The zero-order valence-electron chi connectivity index (χ0n) is 13.6. The van der Waals surface area contributed by atoms with E-state index in [1.54, 1.807) is 6.07 Å². The Labute approximate surface area is 140 Å². The lowest BCUT2D eigenvalue weighted by atomic mass is 9.95. The van der Waals surface area contributed by atoms with Crippen molar-refractivity contribution >= 4 is 17.5 Å². The second-order valence-corrected chi connectivity index (χ2v) is 5.64. The van der Waals surface area contributed by atoms with Gasteiger partial charge in [0.1, 0.15) is 5.82 Å². The number of nitrogens with one attached hydrogen (secondary N) is 1. The Morgan fingerprint density at radius 1 is 1.17 bits per heavy atom. The molecule has 0 spiro atoms. The van der Waals surface area contributed by atoms with Gasteiger partial charge in [-0.3, -0.25) is 9.59 Å². The Bertz CT molecular complexity index is 717. The van der Waals surface area contributed by atoms with Crippen molar-refractivity contribution in [2.45, 2.75) is 32.1 Å². The number of primary amides is 1. The van der Waals surface area contributed by atoms with E-state index < -0.39 is 11.7 Å². The number of anilines is 1. The van der Waals surface area contributed by atoms with Gasteiger partial charge in [0.05, 0.1) is 11.6 Å². The lowest BCUT2D eigenvalue weighted by molar-refractivity contribution is -0.118. The maximum absolute atomic E-state index is 14.2. The van der Waals surface area contributed by atoms with Gasteiger partial charge in [-0.2, -0.15) is 0 Å². The molecule has 24 heavy (non-hydrogen) atoms. The number of carbonyl (C=O) groups excluding carboxylic acids is 2. The largest absolute Gasteiger partial charge is 0.370 e. The molecule has 0 aliphatic heterocycles. The van der Waals surface area contributed by atoms with E-state index in [9.17, 15) is 14.0 Å². The number of rotatable bonds is 7. The number of benzene rings is 2. The molecule has 0 saturated carbocycles. The van der Waals surface area contributed by atoms with Crippen LogP contribution in [0.1, 0.15) is 36.8 Å². The molecule has 0 aliphatic rings. The van der Waals surface area contributed by atoms with Crippen LogP contribution < -0.4 is 11.1 Å². The van der Waals surface area contributed by atoms with Crippen LogP contribution in [0.25, 0.3) is 0 Å². The van der Waals surface area contributed by atoms with Gasteiger partial charge in [0.25, 0.3) is 0 Å². The summed E-state index contributed by atoms with van der Waals surface area (Å²) in [4.78, 5) is 23.2. The summed E-state index contributed by atoms with van der Waals surface area (Å²) in [7, 11) is 0. The van der Waals surface area contributed by atoms with E-state index >= 15 is 0 Å². The van der Waals surface area contributed by atoms with Gasteiger partial charge in [-0.05, 0) is 36.1 Å². The highest BCUT2D eigenvalue weighted by atomic mass is 19.1. The van der Waals surface area contributed by atoms with Crippen LogP contribution >= 0.6 is 0 Å². The molecule has 0 heterocycles. The minimum absolute atomic E-state index is 0.136. The lowest BCUT2D eigenvalue weighted by Crippen LogP contribution is -2.21. The van der Waals surface area contributed by atoms with E-state index in [0.717, 1.165) is 5.56 Å². The van der Waals surface area contributed by atoms with Crippen molar-refractivity contribution in [2.75, 3.05) is 5.32 Å². The highest BCUT2D eigenvalue weighted by Gasteiger charge is 2.19. The molecule has 1 atom stereocenters. The summed E-state index contributed by atoms with van der Waals surface area (Å²) in [6, 6.07) is 13.9. The van der Waals surface area contributed by atoms with E-state index in [1.807, 2.05) is 37.3 Å². The van der Waals surface area contributed by atoms with Crippen molar-refractivity contribution in [2.24, 2.45) is 5.73 Å². The molecule has 0 radical (unpaired) electrons. The van der Waals surface area contributed by atoms with Crippen molar-refractivity contribution < 1.29 is 14.0 Å². The Morgan fingerprint density at radius 2 is 1.88 bits per heavy atom. The van der Waals surface area contributed by atoms with Gasteiger partial charge >= 0.3 is 0 Å². The third-order valence-corrected chi connectivity index (χ3v) is 3.88. The molecular weight excluding hydrogens is 307 g/mol. The molecule has 0 unspecified atom stereocenters. The number of nitrogens with two attached hydrogens (primary N) is 1. The van der Waals surface area contributed by atoms with Crippen molar-refractivity contribution in [3.8, 4) is 0 Å². The van der Waals surface area contributed by atoms with Gasteiger partial charge in [0, 0.05) is 6.42 Å². The summed E-state index contributed by atoms with van der Waals surface area (Å²) in [6.07, 6.45) is 1.16. The lowest BCUT2D eigenvalue weighted by Gasteiger charge is -2.16. The topological polar surface area (TPSA) is 72.2 Å². The molecule has 126 valence electrons. The summed E-state index contributed by atoms with van der Waals surface area (Å²) in [5.41, 5.74) is 6.79. The molecule has 3 N–H and O–H groups in total. The fourth-order valence-corrected chi connectivity index (χ4v) is 2.56. The Morgan fingerprint density at radius 3 is 2.46 bits per heavy atom. The number of amides is 2. The van der Waals surface area contributed by atoms with E-state index in [0.29, 0.717) is 18.4 Å². The van der Waals surface area contributed by atoms with E-state index in [1.165, 1.54) is 12.1 Å². The third-order valence-electron chi connectivity index (χ3n) is 3.88. The predicted molar refractivity (Wildman–Crippen MR) is 92.0 cm³/mol. The first kappa shape index (κ1) is 17.7. The number of hydrogen-bond donors (Lipinski definition) is 2. The summed E-state index contributed by atoms with van der Waals surface area (Å²) in [5.74, 6) is -1.53. The number of carbonyl (C=O) groups is 2. The van der Waals surface area contributed by atoms with E-state index in [4.69, 9.17) is 5.73 Å². The average molecular weight is 328 g/mol. The first-order valence-corrected chi connectivity index (χ1v) is 7.93. The van der Waals surface area contributed by atoms with E-state index in [2.05, 4.69) is 5.32 Å². The molecule has 4 nitrogen and oxygen atoms in total. The third kappa shape index (κ3) is 4.65. The molecule has 5 heteroatoms. The van der Waals surface area contributed by atoms with Crippen molar-refractivity contribution in [1.29, 1.82) is 0 Å². The number of hydrogen-bond acceptors (Lipinski definition) is 2.